The van der Waals surface area contributed by atoms with Crippen molar-refractivity contribution >= 4 is 5.96 Å². The second-order valence-electron chi connectivity index (χ2n) is 6.03. The van der Waals surface area contributed by atoms with E-state index in [2.05, 4.69) is 22.5 Å². The summed E-state index contributed by atoms with van der Waals surface area (Å²) < 4.78 is 24.7. The van der Waals surface area contributed by atoms with E-state index in [9.17, 15) is 4.39 Å². The Hall–Kier alpha value is -2.76. The number of hydrogen-bond donors (Lipinski definition) is 2. The van der Waals surface area contributed by atoms with E-state index in [1.165, 1.54) is 6.07 Å². The number of nitrogens with one attached hydrogen (secondary N) is 2. The van der Waals surface area contributed by atoms with Gasteiger partial charge in [-0.15, -0.1) is 0 Å². The number of ether oxygens (including phenoxy) is 2. The minimum absolute atomic E-state index is 0.181. The average molecular weight is 373 g/mol. The van der Waals surface area contributed by atoms with Crippen LogP contribution >= 0.6 is 0 Å². The molecule has 2 aromatic carbocycles. The van der Waals surface area contributed by atoms with Gasteiger partial charge in [-0.1, -0.05) is 31.2 Å². The number of aliphatic imine (C=N–C) groups is 1. The first-order valence-corrected chi connectivity index (χ1v) is 9.15. The Labute approximate surface area is 160 Å². The molecule has 0 bridgehead atoms. The van der Waals surface area contributed by atoms with E-state index in [0.717, 1.165) is 17.7 Å². The van der Waals surface area contributed by atoms with E-state index < -0.39 is 0 Å². The molecule has 6 heteroatoms. The van der Waals surface area contributed by atoms with Crippen molar-refractivity contribution in [3.63, 3.8) is 0 Å². The third-order valence-electron chi connectivity index (χ3n) is 4.02. The van der Waals surface area contributed by atoms with Gasteiger partial charge < -0.3 is 20.1 Å². The summed E-state index contributed by atoms with van der Waals surface area (Å²) in [5, 5.41) is 6.45. The molecule has 0 atom stereocenters. The molecule has 2 rings (SSSR count). The summed E-state index contributed by atoms with van der Waals surface area (Å²) in [6, 6.07) is 12.7. The third-order valence-corrected chi connectivity index (χ3v) is 4.02. The zero-order chi connectivity index (χ0) is 19.5. The zero-order valence-corrected chi connectivity index (χ0v) is 16.2. The van der Waals surface area contributed by atoms with Gasteiger partial charge in [0.25, 0.3) is 0 Å². The standard InChI is InChI=1S/C21H28FN3O2/c1-4-13-27-19-10-9-16(14-20(19)26-3)15-25-21(23-2)24-12-11-17-7-5-6-8-18(17)22/h5-10,14H,4,11-13,15H2,1-3H3,(H2,23,24,25). The predicted octanol–water partition coefficient (Wildman–Crippen LogP) is 3.53. The summed E-state index contributed by atoms with van der Waals surface area (Å²) in [7, 11) is 3.34. The van der Waals surface area contributed by atoms with E-state index in [4.69, 9.17) is 9.47 Å². The molecule has 27 heavy (non-hydrogen) atoms. The topological polar surface area (TPSA) is 54.9 Å². The molecule has 0 amide bonds. The van der Waals surface area contributed by atoms with E-state index in [-0.39, 0.29) is 5.82 Å². The summed E-state index contributed by atoms with van der Waals surface area (Å²) >= 11 is 0. The largest absolute Gasteiger partial charge is 0.493 e. The molecule has 0 spiro atoms. The molecule has 0 saturated carbocycles. The normalized spacial score (nSPS) is 11.2. The lowest BCUT2D eigenvalue weighted by atomic mass is 10.1. The van der Waals surface area contributed by atoms with Gasteiger partial charge in [0, 0.05) is 20.1 Å². The van der Waals surface area contributed by atoms with Gasteiger partial charge in [0.05, 0.1) is 13.7 Å². The Morgan fingerprint density at radius 3 is 2.63 bits per heavy atom. The zero-order valence-electron chi connectivity index (χ0n) is 16.2. The molecular weight excluding hydrogens is 345 g/mol. The Bertz CT molecular complexity index is 750. The molecule has 0 aliphatic rings. The van der Waals surface area contributed by atoms with Gasteiger partial charge in [0.1, 0.15) is 5.82 Å². The molecule has 2 aromatic rings. The number of methoxy groups -OCH3 is 1. The van der Waals surface area contributed by atoms with Crippen LogP contribution in [-0.4, -0.2) is 33.3 Å². The fourth-order valence-electron chi connectivity index (χ4n) is 2.58. The number of hydrogen-bond acceptors (Lipinski definition) is 3. The SMILES string of the molecule is CCCOc1ccc(CNC(=NC)NCCc2ccccc2F)cc1OC. The van der Waals surface area contributed by atoms with Gasteiger partial charge in [0.2, 0.25) is 0 Å². The highest BCUT2D eigenvalue weighted by molar-refractivity contribution is 5.79. The Balaban J connectivity index is 1.85. The van der Waals surface area contributed by atoms with E-state index >= 15 is 0 Å². The fourth-order valence-corrected chi connectivity index (χ4v) is 2.58. The number of guanidine groups is 1. The molecule has 0 aliphatic carbocycles. The second kappa shape index (κ2) is 11.1. The number of nitrogens with zero attached hydrogens (tertiary/aromatic N) is 1. The van der Waals surface area contributed by atoms with Gasteiger partial charge in [0.15, 0.2) is 17.5 Å². The molecule has 2 N–H and O–H groups in total. The highest BCUT2D eigenvalue weighted by Gasteiger charge is 2.07. The quantitative estimate of drug-likeness (QED) is 0.522. The molecule has 5 nitrogen and oxygen atoms in total. The highest BCUT2D eigenvalue weighted by Crippen LogP contribution is 2.28. The molecule has 0 aliphatic heterocycles. The van der Waals surface area contributed by atoms with E-state index in [1.54, 1.807) is 26.3 Å². The van der Waals surface area contributed by atoms with Crippen molar-refractivity contribution in [3.8, 4) is 11.5 Å². The average Bonchev–Trinajstić information content (AvgIpc) is 2.70. The maximum atomic E-state index is 13.7. The molecule has 0 radical (unpaired) electrons. The van der Waals surface area contributed by atoms with Crippen LogP contribution in [-0.2, 0) is 13.0 Å². The predicted molar refractivity (Wildman–Crippen MR) is 107 cm³/mol. The van der Waals surface area contributed by atoms with Crippen molar-refractivity contribution in [1.82, 2.24) is 10.6 Å². The van der Waals surface area contributed by atoms with Crippen LogP contribution in [0.15, 0.2) is 47.5 Å². The minimum atomic E-state index is -0.181. The molecule has 0 heterocycles. The Morgan fingerprint density at radius 2 is 1.93 bits per heavy atom. The van der Waals surface area contributed by atoms with Gasteiger partial charge >= 0.3 is 0 Å². The molecule has 0 aromatic heterocycles. The number of rotatable bonds is 9. The second-order valence-corrected chi connectivity index (χ2v) is 6.03. The smallest absolute Gasteiger partial charge is 0.191 e. The minimum Gasteiger partial charge on any atom is -0.493 e. The summed E-state index contributed by atoms with van der Waals surface area (Å²) in [5.74, 6) is 1.94. The van der Waals surface area contributed by atoms with Crippen molar-refractivity contribution in [1.29, 1.82) is 0 Å². The fraction of sp³-hybridized carbons (Fsp3) is 0.381. The van der Waals surface area contributed by atoms with Crippen LogP contribution in [0.1, 0.15) is 24.5 Å². The summed E-state index contributed by atoms with van der Waals surface area (Å²) in [6.07, 6.45) is 1.53. The highest BCUT2D eigenvalue weighted by atomic mass is 19.1. The lowest BCUT2D eigenvalue weighted by Crippen LogP contribution is -2.37. The van der Waals surface area contributed by atoms with Crippen LogP contribution in [0, 0.1) is 5.82 Å². The molecular formula is C21H28FN3O2. The molecule has 146 valence electrons. The summed E-state index contributed by atoms with van der Waals surface area (Å²) in [4.78, 5) is 4.20. The maximum Gasteiger partial charge on any atom is 0.191 e. The monoisotopic (exact) mass is 373 g/mol. The molecule has 0 saturated heterocycles. The van der Waals surface area contributed by atoms with Crippen molar-refractivity contribution in [3.05, 3.63) is 59.4 Å². The lowest BCUT2D eigenvalue weighted by molar-refractivity contribution is 0.294. The van der Waals surface area contributed by atoms with Crippen LogP contribution < -0.4 is 20.1 Å². The summed E-state index contributed by atoms with van der Waals surface area (Å²) in [5.41, 5.74) is 1.74. The molecule has 0 unspecified atom stereocenters. The lowest BCUT2D eigenvalue weighted by Gasteiger charge is -2.14. The van der Waals surface area contributed by atoms with Crippen LogP contribution in [0.2, 0.25) is 0 Å². The van der Waals surface area contributed by atoms with Crippen molar-refractivity contribution in [2.45, 2.75) is 26.3 Å². The van der Waals surface area contributed by atoms with Gasteiger partial charge in [-0.2, -0.15) is 0 Å². The number of benzene rings is 2. The van der Waals surface area contributed by atoms with E-state index in [0.29, 0.717) is 43.4 Å². The number of halogens is 1. The van der Waals surface area contributed by atoms with Crippen LogP contribution in [0.3, 0.4) is 0 Å². The Kier molecular flexibility index (Phi) is 8.42. The van der Waals surface area contributed by atoms with Crippen LogP contribution in [0.4, 0.5) is 4.39 Å². The van der Waals surface area contributed by atoms with Crippen molar-refractivity contribution < 1.29 is 13.9 Å². The Morgan fingerprint density at radius 1 is 1.11 bits per heavy atom. The summed E-state index contributed by atoms with van der Waals surface area (Å²) in [6.45, 7) is 3.90. The van der Waals surface area contributed by atoms with Gasteiger partial charge in [-0.3, -0.25) is 4.99 Å². The van der Waals surface area contributed by atoms with Crippen molar-refractivity contribution in [2.75, 3.05) is 27.3 Å². The maximum absolute atomic E-state index is 13.7. The van der Waals surface area contributed by atoms with Crippen molar-refractivity contribution in [2.24, 2.45) is 4.99 Å². The first-order valence-electron chi connectivity index (χ1n) is 9.15. The molecule has 0 fully saturated rings. The van der Waals surface area contributed by atoms with Gasteiger partial charge in [-0.25, -0.2) is 4.39 Å². The first kappa shape index (κ1) is 20.6. The third kappa shape index (κ3) is 6.47. The van der Waals surface area contributed by atoms with Crippen LogP contribution in [0.25, 0.3) is 0 Å². The van der Waals surface area contributed by atoms with Gasteiger partial charge in [-0.05, 0) is 42.2 Å². The van der Waals surface area contributed by atoms with Crippen LogP contribution in [0.5, 0.6) is 11.5 Å². The van der Waals surface area contributed by atoms with E-state index in [1.807, 2.05) is 24.3 Å². The first-order chi connectivity index (χ1) is 13.2.